The third kappa shape index (κ3) is 2.97. The highest BCUT2D eigenvalue weighted by atomic mass is 16.1. The van der Waals surface area contributed by atoms with Crippen LogP contribution >= 0.6 is 0 Å². The molecule has 4 aromatic rings. The number of amides is 1. The molecule has 6 nitrogen and oxygen atoms in total. The molecule has 0 saturated carbocycles. The van der Waals surface area contributed by atoms with Crippen LogP contribution in [0.15, 0.2) is 60.8 Å². The molecule has 2 heterocycles. The molecule has 142 valence electrons. The maximum Gasteiger partial charge on any atom is 0.251 e. The average Bonchev–Trinajstić information content (AvgIpc) is 3.33. The number of carbonyl (C=O) groups excluding carboxylic acids is 1. The zero-order valence-electron chi connectivity index (χ0n) is 16.3. The summed E-state index contributed by atoms with van der Waals surface area (Å²) in [5.74, 6) is 0.791. The van der Waals surface area contributed by atoms with Crippen molar-refractivity contribution in [1.82, 2.24) is 24.6 Å². The van der Waals surface area contributed by atoms with Crippen molar-refractivity contribution in [2.45, 2.75) is 19.4 Å². The number of hydrogen-bond acceptors (Lipinski definition) is 3. The van der Waals surface area contributed by atoms with Gasteiger partial charge in [-0.1, -0.05) is 31.2 Å². The van der Waals surface area contributed by atoms with Gasteiger partial charge in [0.15, 0.2) is 0 Å². The molecule has 1 atom stereocenters. The number of nitrogens with one attached hydrogen (secondary N) is 1. The summed E-state index contributed by atoms with van der Waals surface area (Å²) in [6.45, 7) is 2.17. The quantitative estimate of drug-likeness (QED) is 0.579. The van der Waals surface area contributed by atoms with E-state index in [4.69, 9.17) is 4.98 Å². The SMILES string of the molecule is CC[C@@H](c1ccnn1C)n1c(-c2ccc(C(=O)NC)cc2)nc2ccccc21. The van der Waals surface area contributed by atoms with Crippen LogP contribution in [0.25, 0.3) is 22.4 Å². The first-order valence-corrected chi connectivity index (χ1v) is 9.41. The van der Waals surface area contributed by atoms with Gasteiger partial charge in [0, 0.05) is 31.4 Å². The number of aromatic nitrogens is 4. The van der Waals surface area contributed by atoms with Crippen LogP contribution in [0.2, 0.25) is 0 Å². The monoisotopic (exact) mass is 373 g/mol. The van der Waals surface area contributed by atoms with E-state index in [0.29, 0.717) is 5.56 Å². The molecule has 4 rings (SSSR count). The molecule has 0 aliphatic heterocycles. The molecule has 0 aliphatic rings. The Hall–Kier alpha value is -3.41. The molecule has 28 heavy (non-hydrogen) atoms. The minimum absolute atomic E-state index is 0.0960. The number of para-hydroxylation sites is 2. The van der Waals surface area contributed by atoms with Gasteiger partial charge < -0.3 is 9.88 Å². The summed E-state index contributed by atoms with van der Waals surface area (Å²) in [7, 11) is 3.60. The smallest absolute Gasteiger partial charge is 0.251 e. The van der Waals surface area contributed by atoms with Gasteiger partial charge in [-0.05, 0) is 36.8 Å². The lowest BCUT2D eigenvalue weighted by Crippen LogP contribution is -2.17. The van der Waals surface area contributed by atoms with Gasteiger partial charge in [0.1, 0.15) is 5.82 Å². The van der Waals surface area contributed by atoms with Crippen molar-refractivity contribution in [3.8, 4) is 11.4 Å². The molecule has 6 heteroatoms. The van der Waals surface area contributed by atoms with E-state index >= 15 is 0 Å². The molecular formula is C22H23N5O. The predicted molar refractivity (Wildman–Crippen MR) is 110 cm³/mol. The molecular weight excluding hydrogens is 350 g/mol. The van der Waals surface area contributed by atoms with Gasteiger partial charge in [0.25, 0.3) is 5.91 Å². The van der Waals surface area contributed by atoms with Gasteiger partial charge in [-0.15, -0.1) is 0 Å². The fourth-order valence-electron chi connectivity index (χ4n) is 3.71. The van der Waals surface area contributed by atoms with Crippen LogP contribution in [-0.2, 0) is 7.05 Å². The van der Waals surface area contributed by atoms with Crippen molar-refractivity contribution >= 4 is 16.9 Å². The Bertz CT molecular complexity index is 1120. The number of aryl methyl sites for hydroxylation is 1. The third-order valence-electron chi connectivity index (χ3n) is 5.13. The second-order valence-corrected chi connectivity index (χ2v) is 6.75. The molecule has 0 bridgehead atoms. The van der Waals surface area contributed by atoms with Crippen molar-refractivity contribution in [2.24, 2.45) is 7.05 Å². The first kappa shape index (κ1) is 18.0. The molecule has 2 aromatic carbocycles. The fourth-order valence-corrected chi connectivity index (χ4v) is 3.71. The Morgan fingerprint density at radius 2 is 1.86 bits per heavy atom. The highest BCUT2D eigenvalue weighted by Gasteiger charge is 2.22. The molecule has 0 fully saturated rings. The Morgan fingerprint density at radius 1 is 1.11 bits per heavy atom. The van der Waals surface area contributed by atoms with Crippen molar-refractivity contribution in [2.75, 3.05) is 7.05 Å². The Morgan fingerprint density at radius 3 is 2.50 bits per heavy atom. The largest absolute Gasteiger partial charge is 0.355 e. The fraction of sp³-hybridized carbons (Fsp3) is 0.227. The van der Waals surface area contributed by atoms with Crippen molar-refractivity contribution in [1.29, 1.82) is 0 Å². The lowest BCUT2D eigenvalue weighted by molar-refractivity contribution is 0.0963. The van der Waals surface area contributed by atoms with E-state index in [1.807, 2.05) is 60.4 Å². The predicted octanol–water partition coefficient (Wildman–Crippen LogP) is 3.80. The van der Waals surface area contributed by atoms with E-state index in [1.54, 1.807) is 7.05 Å². The summed E-state index contributed by atoms with van der Waals surface area (Å²) in [5.41, 5.74) is 4.78. The number of nitrogens with zero attached hydrogens (tertiary/aromatic N) is 4. The standard InChI is InChI=1S/C22H23N5O/c1-4-18(20-13-14-24-26(20)3)27-19-8-6-5-7-17(19)25-21(27)15-9-11-16(12-10-15)22(28)23-2/h5-14,18H,4H2,1-3H3,(H,23,28)/t18-/m0/s1. The van der Waals surface area contributed by atoms with Gasteiger partial charge in [0.05, 0.1) is 22.8 Å². The van der Waals surface area contributed by atoms with E-state index in [9.17, 15) is 4.79 Å². The summed E-state index contributed by atoms with van der Waals surface area (Å²) in [4.78, 5) is 16.8. The molecule has 1 amide bonds. The van der Waals surface area contributed by atoms with Crippen LogP contribution in [0.1, 0.15) is 35.4 Å². The van der Waals surface area contributed by atoms with E-state index in [2.05, 4.69) is 34.0 Å². The molecule has 0 radical (unpaired) electrons. The van der Waals surface area contributed by atoms with Gasteiger partial charge >= 0.3 is 0 Å². The molecule has 1 N–H and O–H groups in total. The van der Waals surface area contributed by atoms with E-state index < -0.39 is 0 Å². The number of fused-ring (bicyclic) bond motifs is 1. The maximum absolute atomic E-state index is 11.9. The van der Waals surface area contributed by atoms with Crippen LogP contribution in [0.5, 0.6) is 0 Å². The molecule has 0 saturated heterocycles. The Kier molecular flexibility index (Phi) is 4.69. The zero-order chi connectivity index (χ0) is 19.7. The highest BCUT2D eigenvalue weighted by Crippen LogP contribution is 2.33. The van der Waals surface area contributed by atoms with Gasteiger partial charge in [0.2, 0.25) is 0 Å². The van der Waals surface area contributed by atoms with Gasteiger partial charge in [-0.2, -0.15) is 5.10 Å². The van der Waals surface area contributed by atoms with Gasteiger partial charge in [-0.3, -0.25) is 9.48 Å². The lowest BCUT2D eigenvalue weighted by Gasteiger charge is -2.21. The summed E-state index contributed by atoms with van der Waals surface area (Å²) in [6.07, 6.45) is 2.73. The number of hydrogen-bond donors (Lipinski definition) is 1. The Labute approximate surface area is 163 Å². The van der Waals surface area contributed by atoms with Crippen molar-refractivity contribution in [3.05, 3.63) is 72.1 Å². The van der Waals surface area contributed by atoms with Crippen molar-refractivity contribution in [3.63, 3.8) is 0 Å². The average molecular weight is 373 g/mol. The first-order valence-electron chi connectivity index (χ1n) is 9.41. The first-order chi connectivity index (χ1) is 13.6. The van der Waals surface area contributed by atoms with Crippen LogP contribution in [0.3, 0.4) is 0 Å². The summed E-state index contributed by atoms with van der Waals surface area (Å²) < 4.78 is 4.20. The van der Waals surface area contributed by atoms with Crippen LogP contribution < -0.4 is 5.32 Å². The minimum Gasteiger partial charge on any atom is -0.355 e. The minimum atomic E-state index is -0.0960. The summed E-state index contributed by atoms with van der Waals surface area (Å²) in [6, 6.07) is 17.9. The summed E-state index contributed by atoms with van der Waals surface area (Å²) >= 11 is 0. The molecule has 0 aliphatic carbocycles. The lowest BCUT2D eigenvalue weighted by atomic mass is 10.1. The number of carbonyl (C=O) groups is 1. The Balaban J connectivity index is 1.91. The zero-order valence-corrected chi connectivity index (χ0v) is 16.3. The number of benzene rings is 2. The van der Waals surface area contributed by atoms with E-state index in [1.165, 1.54) is 0 Å². The third-order valence-corrected chi connectivity index (χ3v) is 5.13. The second kappa shape index (κ2) is 7.31. The van der Waals surface area contributed by atoms with Crippen molar-refractivity contribution < 1.29 is 4.79 Å². The van der Waals surface area contributed by atoms with Crippen LogP contribution in [-0.4, -0.2) is 32.3 Å². The molecule has 0 spiro atoms. The van der Waals surface area contributed by atoms with Crippen LogP contribution in [0.4, 0.5) is 0 Å². The highest BCUT2D eigenvalue weighted by molar-refractivity contribution is 5.94. The molecule has 2 aromatic heterocycles. The van der Waals surface area contributed by atoms with E-state index in [0.717, 1.165) is 34.5 Å². The normalized spacial score (nSPS) is 12.2. The van der Waals surface area contributed by atoms with Gasteiger partial charge in [-0.25, -0.2) is 4.98 Å². The molecule has 0 unspecified atom stereocenters. The number of imidazole rings is 1. The second-order valence-electron chi connectivity index (χ2n) is 6.75. The maximum atomic E-state index is 11.9. The summed E-state index contributed by atoms with van der Waals surface area (Å²) in [5, 5.41) is 7.01. The van der Waals surface area contributed by atoms with E-state index in [-0.39, 0.29) is 11.9 Å². The van der Waals surface area contributed by atoms with Crippen LogP contribution in [0, 0.1) is 0 Å². The number of rotatable bonds is 5. The topological polar surface area (TPSA) is 64.7 Å².